The van der Waals surface area contributed by atoms with Gasteiger partial charge in [0.25, 0.3) is 0 Å². The largest absolute Gasteiger partial charge is 0.387 e. The normalized spacial score (nSPS) is 12.3. The molecule has 2 aromatic carbocycles. The fraction of sp³-hybridized carbons (Fsp3) is 0.167. The number of hydrogen-bond donors (Lipinski definition) is 3. The van der Waals surface area contributed by atoms with Gasteiger partial charge in [-0.1, -0.05) is 48.0 Å². The van der Waals surface area contributed by atoms with Crippen LogP contribution >= 0.6 is 11.6 Å². The molecule has 4 nitrogen and oxygen atoms in total. The summed E-state index contributed by atoms with van der Waals surface area (Å²) in [7, 11) is 0. The Balaban J connectivity index is 1.61. The van der Waals surface area contributed by atoms with Crippen molar-refractivity contribution in [2.45, 2.75) is 12.6 Å². The molecule has 24 heavy (non-hydrogen) atoms. The monoisotopic (exact) mass is 345 g/mol. The minimum Gasteiger partial charge on any atom is -0.387 e. The van der Waals surface area contributed by atoms with E-state index in [1.54, 1.807) is 12.3 Å². The van der Waals surface area contributed by atoms with Crippen molar-refractivity contribution in [1.29, 1.82) is 0 Å². The van der Waals surface area contributed by atoms with Gasteiger partial charge in [0.05, 0.1) is 23.0 Å². The summed E-state index contributed by atoms with van der Waals surface area (Å²) in [5, 5.41) is 20.4. The summed E-state index contributed by atoms with van der Waals surface area (Å²) in [5.41, 5.74) is 3.47. The smallest absolute Gasteiger partial charge is 0.142 e. The first-order valence-corrected chi connectivity index (χ1v) is 7.94. The minimum absolute atomic E-state index is 0.0461. The standard InChI is InChI=1S/C18H17ClFN3O/c19-15-7-6-13(8-16(15)20)17(24)11-21-9-14-10-22-23-18(14)12-4-2-1-3-5-12/h1-8,10,17,21,24H,9,11H2,(H,22,23). The highest BCUT2D eigenvalue weighted by atomic mass is 35.5. The molecule has 3 rings (SSSR count). The summed E-state index contributed by atoms with van der Waals surface area (Å²) in [5.74, 6) is -0.533. The molecular weight excluding hydrogens is 329 g/mol. The lowest BCUT2D eigenvalue weighted by Gasteiger charge is -2.13. The first-order chi connectivity index (χ1) is 11.6. The maximum Gasteiger partial charge on any atom is 0.142 e. The molecule has 0 aliphatic carbocycles. The van der Waals surface area contributed by atoms with Gasteiger partial charge in [-0.2, -0.15) is 5.10 Å². The molecule has 3 N–H and O–H groups in total. The summed E-state index contributed by atoms with van der Waals surface area (Å²) < 4.78 is 13.4. The van der Waals surface area contributed by atoms with E-state index < -0.39 is 11.9 Å². The fourth-order valence-electron chi connectivity index (χ4n) is 2.48. The second-order valence-electron chi connectivity index (χ2n) is 5.46. The quantitative estimate of drug-likeness (QED) is 0.638. The van der Waals surface area contributed by atoms with E-state index in [0.717, 1.165) is 16.8 Å². The number of H-pyrrole nitrogens is 1. The first-order valence-electron chi connectivity index (χ1n) is 7.56. The molecule has 0 amide bonds. The predicted molar refractivity (Wildman–Crippen MR) is 92.1 cm³/mol. The van der Waals surface area contributed by atoms with Crippen LogP contribution in [0, 0.1) is 5.82 Å². The Labute approximate surface area is 144 Å². The number of rotatable bonds is 6. The third-order valence-corrected chi connectivity index (χ3v) is 4.07. The molecule has 0 saturated carbocycles. The van der Waals surface area contributed by atoms with Crippen molar-refractivity contribution < 1.29 is 9.50 Å². The van der Waals surface area contributed by atoms with Crippen molar-refractivity contribution >= 4 is 11.6 Å². The summed E-state index contributed by atoms with van der Waals surface area (Å²) >= 11 is 5.65. The van der Waals surface area contributed by atoms with Gasteiger partial charge in [-0.3, -0.25) is 5.10 Å². The molecule has 0 fully saturated rings. The summed E-state index contributed by atoms with van der Waals surface area (Å²) in [6, 6.07) is 14.2. The second kappa shape index (κ2) is 7.57. The van der Waals surface area contributed by atoms with Crippen LogP contribution in [-0.2, 0) is 6.54 Å². The van der Waals surface area contributed by atoms with Crippen LogP contribution in [0.3, 0.4) is 0 Å². The van der Waals surface area contributed by atoms with Crippen LogP contribution in [0.5, 0.6) is 0 Å². The van der Waals surface area contributed by atoms with E-state index in [1.807, 2.05) is 30.3 Å². The molecule has 0 saturated heterocycles. The molecule has 3 aromatic rings. The number of aromatic amines is 1. The van der Waals surface area contributed by atoms with Crippen molar-refractivity contribution in [3.05, 3.63) is 76.7 Å². The van der Waals surface area contributed by atoms with Gasteiger partial charge >= 0.3 is 0 Å². The predicted octanol–water partition coefficient (Wildman–Crippen LogP) is 3.69. The summed E-state index contributed by atoms with van der Waals surface area (Å²) in [6.45, 7) is 0.828. The van der Waals surface area contributed by atoms with Crippen LogP contribution in [-0.4, -0.2) is 21.8 Å². The number of aliphatic hydroxyl groups is 1. The third kappa shape index (κ3) is 3.82. The van der Waals surface area contributed by atoms with Gasteiger partial charge in [0, 0.05) is 18.7 Å². The number of hydrogen-bond acceptors (Lipinski definition) is 3. The molecule has 0 radical (unpaired) electrons. The summed E-state index contributed by atoms with van der Waals surface area (Å²) in [4.78, 5) is 0. The molecule has 0 aliphatic rings. The Morgan fingerprint density at radius 3 is 2.75 bits per heavy atom. The number of aliphatic hydroxyl groups excluding tert-OH is 1. The highest BCUT2D eigenvalue weighted by Crippen LogP contribution is 2.22. The van der Waals surface area contributed by atoms with Gasteiger partial charge in [-0.15, -0.1) is 0 Å². The maximum absolute atomic E-state index is 13.4. The molecule has 1 aromatic heterocycles. The molecule has 6 heteroatoms. The van der Waals surface area contributed by atoms with Crippen molar-refractivity contribution in [3.63, 3.8) is 0 Å². The zero-order chi connectivity index (χ0) is 16.9. The number of aromatic nitrogens is 2. The lowest BCUT2D eigenvalue weighted by Crippen LogP contribution is -2.21. The van der Waals surface area contributed by atoms with E-state index >= 15 is 0 Å². The van der Waals surface area contributed by atoms with Gasteiger partial charge in [0.2, 0.25) is 0 Å². The molecule has 1 heterocycles. The highest BCUT2D eigenvalue weighted by Gasteiger charge is 2.11. The number of benzene rings is 2. The Kier molecular flexibility index (Phi) is 5.25. The zero-order valence-corrected chi connectivity index (χ0v) is 13.6. The summed E-state index contributed by atoms with van der Waals surface area (Å²) in [6.07, 6.45) is 0.938. The molecular formula is C18H17ClFN3O. The lowest BCUT2D eigenvalue weighted by molar-refractivity contribution is 0.174. The van der Waals surface area contributed by atoms with Crippen molar-refractivity contribution in [1.82, 2.24) is 15.5 Å². The number of nitrogens with zero attached hydrogens (tertiary/aromatic N) is 1. The van der Waals surface area contributed by atoms with Crippen molar-refractivity contribution in [3.8, 4) is 11.3 Å². The average Bonchev–Trinajstić information content (AvgIpc) is 3.06. The Morgan fingerprint density at radius 2 is 2.00 bits per heavy atom. The van der Waals surface area contributed by atoms with Gasteiger partial charge < -0.3 is 10.4 Å². The highest BCUT2D eigenvalue weighted by molar-refractivity contribution is 6.30. The van der Waals surface area contributed by atoms with Crippen molar-refractivity contribution in [2.75, 3.05) is 6.54 Å². The zero-order valence-electron chi connectivity index (χ0n) is 12.8. The molecule has 0 spiro atoms. The maximum atomic E-state index is 13.4. The van der Waals surface area contributed by atoms with Crippen LogP contribution in [0.2, 0.25) is 5.02 Å². The van der Waals surface area contributed by atoms with E-state index in [1.165, 1.54) is 12.1 Å². The van der Waals surface area contributed by atoms with E-state index in [4.69, 9.17) is 11.6 Å². The van der Waals surface area contributed by atoms with E-state index in [0.29, 0.717) is 18.7 Å². The van der Waals surface area contributed by atoms with E-state index in [-0.39, 0.29) is 5.02 Å². The topological polar surface area (TPSA) is 60.9 Å². The first kappa shape index (κ1) is 16.6. The van der Waals surface area contributed by atoms with Gasteiger partial charge in [-0.25, -0.2) is 4.39 Å². The second-order valence-corrected chi connectivity index (χ2v) is 5.86. The average molecular weight is 346 g/mol. The van der Waals surface area contributed by atoms with Crippen LogP contribution < -0.4 is 5.32 Å². The van der Waals surface area contributed by atoms with Gasteiger partial charge in [-0.05, 0) is 23.3 Å². The van der Waals surface area contributed by atoms with Crippen LogP contribution in [0.25, 0.3) is 11.3 Å². The van der Waals surface area contributed by atoms with Crippen LogP contribution in [0.4, 0.5) is 4.39 Å². The number of halogens is 2. The van der Waals surface area contributed by atoms with Crippen molar-refractivity contribution in [2.24, 2.45) is 0 Å². The lowest BCUT2D eigenvalue weighted by atomic mass is 10.1. The Morgan fingerprint density at radius 1 is 1.21 bits per heavy atom. The van der Waals surface area contributed by atoms with E-state index in [9.17, 15) is 9.50 Å². The molecule has 0 bridgehead atoms. The van der Waals surface area contributed by atoms with Gasteiger partial charge in [0.1, 0.15) is 5.82 Å². The molecule has 1 atom stereocenters. The Hall–Kier alpha value is -2.21. The SMILES string of the molecule is OC(CNCc1cn[nH]c1-c1ccccc1)c1ccc(Cl)c(F)c1. The van der Waals surface area contributed by atoms with Gasteiger partial charge in [0.15, 0.2) is 0 Å². The number of nitrogens with one attached hydrogen (secondary N) is 2. The van der Waals surface area contributed by atoms with Crippen LogP contribution in [0.1, 0.15) is 17.2 Å². The minimum atomic E-state index is -0.816. The van der Waals surface area contributed by atoms with Crippen LogP contribution in [0.15, 0.2) is 54.7 Å². The third-order valence-electron chi connectivity index (χ3n) is 3.76. The molecule has 1 unspecified atom stereocenters. The van der Waals surface area contributed by atoms with E-state index in [2.05, 4.69) is 15.5 Å². The Bertz CT molecular complexity index is 807. The molecule has 124 valence electrons. The molecule has 0 aliphatic heterocycles. The fourth-order valence-corrected chi connectivity index (χ4v) is 2.60.